The van der Waals surface area contributed by atoms with Crippen LogP contribution < -0.4 is 0 Å². The molecule has 4 rings (SSSR count). The fourth-order valence-electron chi connectivity index (χ4n) is 3.67. The molecule has 3 aromatic rings. The van der Waals surface area contributed by atoms with Gasteiger partial charge >= 0.3 is 0 Å². The molecule has 158 valence electrons. The molecule has 1 saturated heterocycles. The fourth-order valence-corrected chi connectivity index (χ4v) is 6.19. The number of piperazine rings is 1. The zero-order chi connectivity index (χ0) is 21.0. The van der Waals surface area contributed by atoms with Crippen molar-refractivity contribution in [2.45, 2.75) is 25.0 Å². The first-order valence-electron chi connectivity index (χ1n) is 10.2. The van der Waals surface area contributed by atoms with E-state index in [9.17, 15) is 13.2 Å². The molecule has 6 nitrogen and oxygen atoms in total. The minimum absolute atomic E-state index is 0.00392. The van der Waals surface area contributed by atoms with Crippen molar-refractivity contribution >= 4 is 37.5 Å². The molecule has 0 bridgehead atoms. The number of sulfonamides is 1. The molecule has 0 radical (unpaired) electrons. The SMILES string of the molecule is O=C(CCCc1nc2ccccc2s1)N1CCN(S(=O)(=O)Cc2ccccc2)CC1. The lowest BCUT2D eigenvalue weighted by Crippen LogP contribution is -2.50. The number of carbonyl (C=O) groups is 1. The molecule has 2 aromatic carbocycles. The number of thiazole rings is 1. The van der Waals surface area contributed by atoms with Crippen molar-refractivity contribution < 1.29 is 13.2 Å². The Bertz CT molecular complexity index is 1070. The summed E-state index contributed by atoms with van der Waals surface area (Å²) in [6, 6.07) is 17.3. The quantitative estimate of drug-likeness (QED) is 0.562. The molecule has 1 aliphatic heterocycles. The number of para-hydroxylation sites is 1. The monoisotopic (exact) mass is 443 g/mol. The van der Waals surface area contributed by atoms with Crippen LogP contribution in [0, 0.1) is 0 Å². The summed E-state index contributed by atoms with van der Waals surface area (Å²) in [7, 11) is -3.36. The van der Waals surface area contributed by atoms with Gasteiger partial charge in [0.15, 0.2) is 0 Å². The van der Waals surface area contributed by atoms with E-state index < -0.39 is 10.0 Å². The Morgan fingerprint density at radius 1 is 0.967 bits per heavy atom. The lowest BCUT2D eigenvalue weighted by Gasteiger charge is -2.34. The van der Waals surface area contributed by atoms with Crippen LogP contribution in [0.25, 0.3) is 10.2 Å². The van der Waals surface area contributed by atoms with Crippen molar-refractivity contribution in [3.63, 3.8) is 0 Å². The summed E-state index contributed by atoms with van der Waals surface area (Å²) in [6.45, 7) is 1.62. The number of fused-ring (bicyclic) bond motifs is 1. The van der Waals surface area contributed by atoms with Crippen molar-refractivity contribution in [2.75, 3.05) is 26.2 Å². The number of rotatable bonds is 7. The largest absolute Gasteiger partial charge is 0.340 e. The highest BCUT2D eigenvalue weighted by atomic mass is 32.2. The van der Waals surface area contributed by atoms with Crippen molar-refractivity contribution in [1.82, 2.24) is 14.2 Å². The molecule has 1 aromatic heterocycles. The van der Waals surface area contributed by atoms with E-state index in [-0.39, 0.29) is 11.7 Å². The van der Waals surface area contributed by atoms with Gasteiger partial charge in [-0.05, 0) is 30.5 Å². The van der Waals surface area contributed by atoms with Gasteiger partial charge in [-0.1, -0.05) is 42.5 Å². The van der Waals surface area contributed by atoms with E-state index in [1.807, 2.05) is 48.5 Å². The summed E-state index contributed by atoms with van der Waals surface area (Å²) in [4.78, 5) is 18.9. The van der Waals surface area contributed by atoms with Crippen LogP contribution in [0.5, 0.6) is 0 Å². The van der Waals surface area contributed by atoms with Gasteiger partial charge in [0.2, 0.25) is 15.9 Å². The summed E-state index contributed by atoms with van der Waals surface area (Å²) >= 11 is 1.68. The highest BCUT2D eigenvalue weighted by Gasteiger charge is 2.28. The van der Waals surface area contributed by atoms with Crippen molar-refractivity contribution in [2.24, 2.45) is 0 Å². The standard InChI is InChI=1S/C22H25N3O3S2/c26-22(12-6-11-21-23-19-9-4-5-10-20(19)29-21)24-13-15-25(16-14-24)30(27,28)17-18-7-2-1-3-8-18/h1-5,7-10H,6,11-17H2. The second-order valence-corrected chi connectivity index (χ2v) is 10.5. The molecule has 0 unspecified atom stereocenters. The molecule has 8 heteroatoms. The fraction of sp³-hybridized carbons (Fsp3) is 0.364. The van der Waals surface area contributed by atoms with E-state index >= 15 is 0 Å². The van der Waals surface area contributed by atoms with Gasteiger partial charge in [0.1, 0.15) is 0 Å². The smallest absolute Gasteiger partial charge is 0.222 e. The van der Waals surface area contributed by atoms with Crippen LogP contribution >= 0.6 is 11.3 Å². The number of carbonyl (C=O) groups excluding carboxylic acids is 1. The molecule has 0 spiro atoms. The van der Waals surface area contributed by atoms with E-state index in [1.54, 1.807) is 16.2 Å². The first kappa shape index (κ1) is 21.0. The van der Waals surface area contributed by atoms with E-state index in [1.165, 1.54) is 9.01 Å². The predicted octanol–water partition coefficient (Wildman–Crippen LogP) is 3.29. The second kappa shape index (κ2) is 9.24. The molecule has 0 saturated carbocycles. The van der Waals surface area contributed by atoms with Gasteiger partial charge in [0, 0.05) is 32.6 Å². The Labute approximate surface area is 181 Å². The van der Waals surface area contributed by atoms with Crippen LogP contribution in [0.4, 0.5) is 0 Å². The van der Waals surface area contributed by atoms with E-state index in [0.29, 0.717) is 32.6 Å². The van der Waals surface area contributed by atoms with Crippen LogP contribution in [0.1, 0.15) is 23.4 Å². The molecule has 1 amide bonds. The average molecular weight is 444 g/mol. The zero-order valence-corrected chi connectivity index (χ0v) is 18.4. The molecule has 30 heavy (non-hydrogen) atoms. The first-order chi connectivity index (χ1) is 14.5. The van der Waals surface area contributed by atoms with Crippen LogP contribution in [-0.4, -0.2) is 54.7 Å². The Morgan fingerprint density at radius 2 is 1.67 bits per heavy atom. The van der Waals surface area contributed by atoms with Crippen molar-refractivity contribution in [3.8, 4) is 0 Å². The van der Waals surface area contributed by atoms with Gasteiger partial charge in [0.25, 0.3) is 0 Å². The van der Waals surface area contributed by atoms with Gasteiger partial charge in [-0.15, -0.1) is 11.3 Å². The molecule has 0 aliphatic carbocycles. The first-order valence-corrected chi connectivity index (χ1v) is 12.6. The molecule has 2 heterocycles. The van der Waals surface area contributed by atoms with Crippen LogP contribution in [-0.2, 0) is 27.0 Å². The van der Waals surface area contributed by atoms with Crippen LogP contribution in [0.15, 0.2) is 54.6 Å². The molecular formula is C22H25N3O3S2. The molecule has 0 N–H and O–H groups in total. The van der Waals surface area contributed by atoms with Gasteiger partial charge < -0.3 is 4.90 Å². The summed E-state index contributed by atoms with van der Waals surface area (Å²) < 4.78 is 28.0. The number of nitrogens with zero attached hydrogens (tertiary/aromatic N) is 3. The molecule has 1 aliphatic rings. The number of hydrogen-bond acceptors (Lipinski definition) is 5. The van der Waals surface area contributed by atoms with E-state index in [4.69, 9.17) is 0 Å². The third-order valence-electron chi connectivity index (χ3n) is 5.30. The van der Waals surface area contributed by atoms with E-state index in [2.05, 4.69) is 11.1 Å². The van der Waals surface area contributed by atoms with Gasteiger partial charge in [-0.2, -0.15) is 4.31 Å². The molecule has 1 fully saturated rings. The molecular weight excluding hydrogens is 418 g/mol. The van der Waals surface area contributed by atoms with Crippen molar-refractivity contribution in [1.29, 1.82) is 0 Å². The Balaban J connectivity index is 1.24. The van der Waals surface area contributed by atoms with Gasteiger partial charge in [-0.25, -0.2) is 13.4 Å². The van der Waals surface area contributed by atoms with Gasteiger partial charge in [0.05, 0.1) is 21.0 Å². The Morgan fingerprint density at radius 3 is 2.40 bits per heavy atom. The number of benzene rings is 2. The Hall–Kier alpha value is -2.29. The maximum absolute atomic E-state index is 12.7. The number of amides is 1. The number of hydrogen-bond donors (Lipinski definition) is 0. The summed E-state index contributed by atoms with van der Waals surface area (Å²) in [5.74, 6) is 0.0976. The second-order valence-electron chi connectivity index (χ2n) is 7.45. The average Bonchev–Trinajstić information content (AvgIpc) is 3.17. The third kappa shape index (κ3) is 5.06. The highest BCUT2D eigenvalue weighted by Crippen LogP contribution is 2.23. The minimum Gasteiger partial charge on any atom is -0.340 e. The topological polar surface area (TPSA) is 70.6 Å². The lowest BCUT2D eigenvalue weighted by atomic mass is 10.2. The lowest BCUT2D eigenvalue weighted by molar-refractivity contribution is -0.132. The number of aromatic nitrogens is 1. The highest BCUT2D eigenvalue weighted by molar-refractivity contribution is 7.88. The summed E-state index contributed by atoms with van der Waals surface area (Å²) in [6.07, 6.45) is 2.01. The van der Waals surface area contributed by atoms with Gasteiger partial charge in [-0.3, -0.25) is 4.79 Å². The Kier molecular flexibility index (Phi) is 6.46. The summed E-state index contributed by atoms with van der Waals surface area (Å²) in [5.41, 5.74) is 1.79. The summed E-state index contributed by atoms with van der Waals surface area (Å²) in [5, 5.41) is 1.06. The zero-order valence-electron chi connectivity index (χ0n) is 16.7. The van der Waals surface area contributed by atoms with E-state index in [0.717, 1.165) is 28.9 Å². The normalized spacial score (nSPS) is 15.5. The third-order valence-corrected chi connectivity index (χ3v) is 8.24. The maximum Gasteiger partial charge on any atom is 0.222 e. The minimum atomic E-state index is -3.36. The van der Waals surface area contributed by atoms with Crippen LogP contribution in [0.2, 0.25) is 0 Å². The predicted molar refractivity (Wildman–Crippen MR) is 120 cm³/mol. The maximum atomic E-state index is 12.7. The van der Waals surface area contributed by atoms with Crippen LogP contribution in [0.3, 0.4) is 0 Å². The van der Waals surface area contributed by atoms with Crippen molar-refractivity contribution in [3.05, 3.63) is 65.2 Å². The molecule has 0 atom stereocenters. The number of aryl methyl sites for hydroxylation is 1.